The van der Waals surface area contributed by atoms with E-state index in [1.165, 1.54) is 12.1 Å². The van der Waals surface area contributed by atoms with E-state index in [-0.39, 0.29) is 23.0 Å². The first-order valence-electron chi connectivity index (χ1n) is 7.92. The smallest absolute Gasteiger partial charge is 0.322 e. The van der Waals surface area contributed by atoms with Crippen LogP contribution < -0.4 is 5.32 Å². The van der Waals surface area contributed by atoms with Gasteiger partial charge >= 0.3 is 6.03 Å². The van der Waals surface area contributed by atoms with Crippen molar-refractivity contribution in [2.24, 2.45) is 5.41 Å². The molecule has 0 bridgehead atoms. The van der Waals surface area contributed by atoms with Crippen LogP contribution >= 0.6 is 0 Å². The minimum absolute atomic E-state index is 0.0314. The van der Waals surface area contributed by atoms with Crippen molar-refractivity contribution in [3.63, 3.8) is 0 Å². The summed E-state index contributed by atoms with van der Waals surface area (Å²) in [7, 11) is 0. The first-order chi connectivity index (χ1) is 10.8. The lowest BCUT2D eigenvalue weighted by molar-refractivity contribution is -0.118. The van der Waals surface area contributed by atoms with Crippen LogP contribution in [0.15, 0.2) is 35.5 Å². The first-order valence-corrected chi connectivity index (χ1v) is 7.92. The molecule has 4 nitrogen and oxygen atoms in total. The Bertz CT molecular complexity index is 709. The van der Waals surface area contributed by atoms with Gasteiger partial charge in [0.15, 0.2) is 5.78 Å². The summed E-state index contributed by atoms with van der Waals surface area (Å²) >= 11 is 0. The van der Waals surface area contributed by atoms with E-state index in [1.807, 2.05) is 20.8 Å². The monoisotopic (exact) mass is 316 g/mol. The van der Waals surface area contributed by atoms with Crippen molar-refractivity contribution in [2.45, 2.75) is 39.7 Å². The highest BCUT2D eigenvalue weighted by Crippen LogP contribution is 2.44. The van der Waals surface area contributed by atoms with E-state index >= 15 is 0 Å². The van der Waals surface area contributed by atoms with Gasteiger partial charge in [-0.05, 0) is 36.5 Å². The Hall–Kier alpha value is -2.17. The van der Waals surface area contributed by atoms with Gasteiger partial charge in [0, 0.05) is 24.2 Å². The van der Waals surface area contributed by atoms with Gasteiger partial charge < -0.3 is 5.32 Å². The highest BCUT2D eigenvalue weighted by molar-refractivity contribution is 6.01. The third-order valence-electron chi connectivity index (χ3n) is 4.52. The quantitative estimate of drug-likeness (QED) is 0.907. The minimum atomic E-state index is -0.570. The fraction of sp³-hybridized carbons (Fsp3) is 0.444. The Balaban J connectivity index is 2.15. The van der Waals surface area contributed by atoms with Crippen LogP contribution in [0.1, 0.15) is 45.2 Å². The van der Waals surface area contributed by atoms with Crippen molar-refractivity contribution in [3.05, 3.63) is 46.9 Å². The Kier molecular flexibility index (Phi) is 3.74. The summed E-state index contributed by atoms with van der Waals surface area (Å²) in [4.78, 5) is 26.8. The Morgan fingerprint density at radius 2 is 2.04 bits per heavy atom. The summed E-state index contributed by atoms with van der Waals surface area (Å²) in [5, 5.41) is 2.86. The fourth-order valence-corrected chi connectivity index (χ4v) is 3.54. The van der Waals surface area contributed by atoms with Gasteiger partial charge in [-0.1, -0.05) is 26.0 Å². The lowest BCUT2D eigenvalue weighted by Crippen LogP contribution is -2.50. The van der Waals surface area contributed by atoms with Crippen molar-refractivity contribution < 1.29 is 14.0 Å². The normalized spacial score (nSPS) is 23.7. The van der Waals surface area contributed by atoms with E-state index in [1.54, 1.807) is 17.0 Å². The number of benzene rings is 1. The SMILES string of the molecule is CCN1C(=O)NC(c2cccc(F)c2)C2=C1CC(C)(C)CC2=O. The number of urea groups is 1. The number of carbonyl (C=O) groups excluding carboxylic acids is 2. The number of hydrogen-bond donors (Lipinski definition) is 1. The molecule has 1 N–H and O–H groups in total. The highest BCUT2D eigenvalue weighted by atomic mass is 19.1. The fourth-order valence-electron chi connectivity index (χ4n) is 3.54. The first kappa shape index (κ1) is 15.7. The number of nitrogens with zero attached hydrogens (tertiary/aromatic N) is 1. The number of Topliss-reactive ketones (excluding diaryl/α,β-unsaturated/α-hetero) is 1. The molecule has 1 aromatic carbocycles. The standard InChI is InChI=1S/C18H21FN2O2/c1-4-21-13-9-18(2,3)10-14(22)15(13)16(20-17(21)23)11-6-5-7-12(19)8-11/h5-8,16H,4,9-10H2,1-3H3,(H,20,23). The van der Waals surface area contributed by atoms with Crippen LogP contribution in [0.3, 0.4) is 0 Å². The zero-order valence-corrected chi connectivity index (χ0v) is 13.6. The maximum Gasteiger partial charge on any atom is 0.322 e. The summed E-state index contributed by atoms with van der Waals surface area (Å²) in [6, 6.07) is 5.27. The molecule has 5 heteroatoms. The van der Waals surface area contributed by atoms with Gasteiger partial charge in [-0.3, -0.25) is 9.69 Å². The number of ketones is 1. The predicted octanol–water partition coefficient (Wildman–Crippen LogP) is 3.56. The number of allylic oxidation sites excluding steroid dienone is 1. The van der Waals surface area contributed by atoms with E-state index in [0.29, 0.717) is 30.5 Å². The van der Waals surface area contributed by atoms with E-state index < -0.39 is 6.04 Å². The highest BCUT2D eigenvalue weighted by Gasteiger charge is 2.43. The lowest BCUT2D eigenvalue weighted by atomic mass is 9.72. The van der Waals surface area contributed by atoms with Crippen LogP contribution in [0.25, 0.3) is 0 Å². The van der Waals surface area contributed by atoms with Crippen molar-refractivity contribution >= 4 is 11.8 Å². The van der Waals surface area contributed by atoms with Gasteiger partial charge in [0.2, 0.25) is 0 Å². The molecule has 1 aliphatic carbocycles. The molecule has 1 unspecified atom stereocenters. The molecule has 0 spiro atoms. The van der Waals surface area contributed by atoms with Gasteiger partial charge in [0.1, 0.15) is 5.82 Å². The van der Waals surface area contributed by atoms with E-state index in [4.69, 9.17) is 0 Å². The second-order valence-corrected chi connectivity index (χ2v) is 6.98. The van der Waals surface area contributed by atoms with Crippen molar-refractivity contribution in [3.8, 4) is 0 Å². The zero-order valence-electron chi connectivity index (χ0n) is 13.6. The summed E-state index contributed by atoms with van der Waals surface area (Å²) in [5.74, 6) is -0.343. The Morgan fingerprint density at radius 1 is 1.30 bits per heavy atom. The van der Waals surface area contributed by atoms with Crippen molar-refractivity contribution in [2.75, 3.05) is 6.54 Å². The van der Waals surface area contributed by atoms with Crippen LogP contribution in [0.5, 0.6) is 0 Å². The number of nitrogens with one attached hydrogen (secondary N) is 1. The van der Waals surface area contributed by atoms with Crippen LogP contribution in [-0.4, -0.2) is 23.3 Å². The average molecular weight is 316 g/mol. The minimum Gasteiger partial charge on any atom is -0.327 e. The molecule has 1 aliphatic heterocycles. The van der Waals surface area contributed by atoms with E-state index in [0.717, 1.165) is 5.70 Å². The molecule has 1 atom stereocenters. The summed E-state index contributed by atoms with van der Waals surface area (Å²) < 4.78 is 13.6. The number of carbonyl (C=O) groups is 2. The average Bonchev–Trinajstić information content (AvgIpc) is 2.45. The molecule has 0 saturated heterocycles. The second kappa shape index (κ2) is 5.48. The Morgan fingerprint density at radius 3 is 2.70 bits per heavy atom. The summed E-state index contributed by atoms with van der Waals surface area (Å²) in [5.41, 5.74) is 1.82. The van der Waals surface area contributed by atoms with Crippen LogP contribution in [-0.2, 0) is 4.79 Å². The Labute approximate surface area is 135 Å². The molecule has 0 aromatic heterocycles. The molecule has 0 radical (unpaired) electrons. The van der Waals surface area contributed by atoms with Crippen LogP contribution in [0.2, 0.25) is 0 Å². The van der Waals surface area contributed by atoms with Gasteiger partial charge in [0.25, 0.3) is 0 Å². The molecule has 1 heterocycles. The maximum absolute atomic E-state index is 13.6. The predicted molar refractivity (Wildman–Crippen MR) is 85.1 cm³/mol. The summed E-state index contributed by atoms with van der Waals surface area (Å²) in [6.45, 7) is 6.46. The van der Waals surface area contributed by atoms with E-state index in [2.05, 4.69) is 5.32 Å². The molecular formula is C18H21FN2O2. The molecule has 0 saturated carbocycles. The van der Waals surface area contributed by atoms with Crippen molar-refractivity contribution in [1.82, 2.24) is 10.2 Å². The number of hydrogen-bond acceptors (Lipinski definition) is 2. The lowest BCUT2D eigenvalue weighted by Gasteiger charge is -2.43. The molecule has 2 aliphatic rings. The van der Waals surface area contributed by atoms with Gasteiger partial charge in [-0.15, -0.1) is 0 Å². The number of halogens is 1. The third kappa shape index (κ3) is 2.76. The topological polar surface area (TPSA) is 49.4 Å². The van der Waals surface area contributed by atoms with Gasteiger partial charge in [-0.2, -0.15) is 0 Å². The van der Waals surface area contributed by atoms with E-state index in [9.17, 15) is 14.0 Å². The second-order valence-electron chi connectivity index (χ2n) is 6.98. The molecule has 3 rings (SSSR count). The molecule has 0 fully saturated rings. The van der Waals surface area contributed by atoms with Crippen LogP contribution in [0.4, 0.5) is 9.18 Å². The zero-order chi connectivity index (χ0) is 16.8. The molecule has 122 valence electrons. The number of amides is 2. The molecular weight excluding hydrogens is 295 g/mol. The number of rotatable bonds is 2. The third-order valence-corrected chi connectivity index (χ3v) is 4.52. The summed E-state index contributed by atoms with van der Waals surface area (Å²) in [6.07, 6.45) is 1.10. The van der Waals surface area contributed by atoms with Crippen molar-refractivity contribution in [1.29, 1.82) is 0 Å². The molecule has 23 heavy (non-hydrogen) atoms. The maximum atomic E-state index is 13.6. The van der Waals surface area contributed by atoms with Gasteiger partial charge in [0.05, 0.1) is 6.04 Å². The van der Waals surface area contributed by atoms with Crippen LogP contribution in [0, 0.1) is 11.2 Å². The van der Waals surface area contributed by atoms with Gasteiger partial charge in [-0.25, -0.2) is 9.18 Å². The molecule has 2 amide bonds. The largest absolute Gasteiger partial charge is 0.327 e. The molecule has 1 aromatic rings.